The first kappa shape index (κ1) is 12.9. The quantitative estimate of drug-likeness (QED) is 0.697. The van der Waals surface area contributed by atoms with Crippen molar-refractivity contribution in [3.05, 3.63) is 12.2 Å². The van der Waals surface area contributed by atoms with Crippen LogP contribution in [0.5, 0.6) is 0 Å². The fourth-order valence-electron chi connectivity index (χ4n) is 2.46. The SMILES string of the molecule is CC1CC(C(=O)NC(C)c2ncn[nH]2)(C(N)=S)C1. The number of nitrogens with one attached hydrogen (secondary N) is 2. The predicted octanol–water partition coefficient (Wildman–Crippen LogP) is 0.684. The highest BCUT2D eigenvalue weighted by Gasteiger charge is 2.51. The molecule has 1 unspecified atom stereocenters. The van der Waals surface area contributed by atoms with Gasteiger partial charge in [-0.2, -0.15) is 5.10 Å². The molecule has 0 aliphatic heterocycles. The second-order valence-electron chi connectivity index (χ2n) is 5.03. The van der Waals surface area contributed by atoms with Crippen molar-refractivity contribution >= 4 is 23.1 Å². The molecule has 4 N–H and O–H groups in total. The van der Waals surface area contributed by atoms with E-state index in [2.05, 4.69) is 27.4 Å². The fraction of sp³-hybridized carbons (Fsp3) is 0.636. The van der Waals surface area contributed by atoms with Crippen LogP contribution in [0.15, 0.2) is 6.33 Å². The van der Waals surface area contributed by atoms with Gasteiger partial charge in [-0.25, -0.2) is 4.98 Å². The van der Waals surface area contributed by atoms with E-state index in [4.69, 9.17) is 18.0 Å². The van der Waals surface area contributed by atoms with E-state index < -0.39 is 5.41 Å². The monoisotopic (exact) mass is 267 g/mol. The van der Waals surface area contributed by atoms with E-state index in [1.807, 2.05) is 6.92 Å². The Balaban J connectivity index is 2.05. The van der Waals surface area contributed by atoms with Gasteiger partial charge in [-0.1, -0.05) is 19.1 Å². The molecule has 98 valence electrons. The van der Waals surface area contributed by atoms with E-state index in [0.29, 0.717) is 11.7 Å². The lowest BCUT2D eigenvalue weighted by molar-refractivity contribution is -0.133. The maximum Gasteiger partial charge on any atom is 0.233 e. The highest BCUT2D eigenvalue weighted by atomic mass is 32.1. The number of rotatable bonds is 4. The van der Waals surface area contributed by atoms with Gasteiger partial charge in [0.2, 0.25) is 5.91 Å². The number of carbonyl (C=O) groups is 1. The summed E-state index contributed by atoms with van der Waals surface area (Å²) in [5.41, 5.74) is 5.05. The molecular weight excluding hydrogens is 250 g/mol. The zero-order chi connectivity index (χ0) is 13.3. The summed E-state index contributed by atoms with van der Waals surface area (Å²) in [7, 11) is 0. The van der Waals surface area contributed by atoms with Gasteiger partial charge < -0.3 is 11.1 Å². The smallest absolute Gasteiger partial charge is 0.233 e. The molecule has 1 amide bonds. The second kappa shape index (κ2) is 4.64. The lowest BCUT2D eigenvalue weighted by Crippen LogP contribution is -2.56. The average molecular weight is 267 g/mol. The standard InChI is InChI=1S/C11H17N5OS/c1-6-3-11(4-6,9(12)18)10(17)15-7(2)8-13-5-14-16-8/h5-7H,3-4H2,1-2H3,(H2,12,18)(H,15,17)(H,13,14,16). The molecule has 1 fully saturated rings. The molecule has 2 rings (SSSR count). The van der Waals surface area contributed by atoms with Gasteiger partial charge in [0, 0.05) is 0 Å². The Kier molecular flexibility index (Phi) is 3.34. The fourth-order valence-corrected chi connectivity index (χ4v) is 2.71. The van der Waals surface area contributed by atoms with Gasteiger partial charge in [0.15, 0.2) is 0 Å². The third kappa shape index (κ3) is 2.10. The first-order valence-electron chi connectivity index (χ1n) is 5.92. The maximum absolute atomic E-state index is 12.3. The summed E-state index contributed by atoms with van der Waals surface area (Å²) in [6.07, 6.45) is 2.85. The number of carbonyl (C=O) groups excluding carboxylic acids is 1. The molecule has 0 radical (unpaired) electrons. The Hall–Kier alpha value is -1.50. The van der Waals surface area contributed by atoms with E-state index in [0.717, 1.165) is 12.8 Å². The Labute approximate surface area is 111 Å². The zero-order valence-electron chi connectivity index (χ0n) is 10.4. The Morgan fingerprint density at radius 3 is 2.83 bits per heavy atom. The topological polar surface area (TPSA) is 96.7 Å². The van der Waals surface area contributed by atoms with Crippen LogP contribution in [0.3, 0.4) is 0 Å². The summed E-state index contributed by atoms with van der Waals surface area (Å²) in [5.74, 6) is 0.989. The van der Waals surface area contributed by atoms with Gasteiger partial charge in [0.25, 0.3) is 0 Å². The molecule has 7 heteroatoms. The minimum Gasteiger partial charge on any atom is -0.392 e. The third-order valence-electron chi connectivity index (χ3n) is 3.49. The van der Waals surface area contributed by atoms with Gasteiger partial charge >= 0.3 is 0 Å². The van der Waals surface area contributed by atoms with Gasteiger partial charge in [0.1, 0.15) is 12.2 Å². The molecule has 6 nitrogen and oxygen atoms in total. The molecule has 1 heterocycles. The number of H-pyrrole nitrogens is 1. The normalized spacial score (nSPS) is 28.2. The lowest BCUT2D eigenvalue weighted by Gasteiger charge is -2.44. The Bertz CT molecular complexity index is 452. The van der Waals surface area contributed by atoms with Crippen molar-refractivity contribution in [1.82, 2.24) is 20.5 Å². The van der Waals surface area contributed by atoms with Crippen LogP contribution >= 0.6 is 12.2 Å². The van der Waals surface area contributed by atoms with Crippen LogP contribution in [-0.2, 0) is 4.79 Å². The molecule has 18 heavy (non-hydrogen) atoms. The van der Waals surface area contributed by atoms with E-state index >= 15 is 0 Å². The number of aromatic amines is 1. The van der Waals surface area contributed by atoms with Crippen LogP contribution in [0, 0.1) is 11.3 Å². The predicted molar refractivity (Wildman–Crippen MR) is 70.6 cm³/mol. The first-order valence-corrected chi connectivity index (χ1v) is 6.32. The molecule has 1 atom stereocenters. The highest BCUT2D eigenvalue weighted by molar-refractivity contribution is 7.80. The molecule has 1 saturated carbocycles. The summed E-state index contributed by atoms with van der Waals surface area (Å²) in [4.78, 5) is 16.6. The summed E-state index contributed by atoms with van der Waals surface area (Å²) < 4.78 is 0. The van der Waals surface area contributed by atoms with Crippen LogP contribution in [0.4, 0.5) is 0 Å². The number of hydrogen-bond donors (Lipinski definition) is 3. The van der Waals surface area contributed by atoms with Gasteiger partial charge in [0.05, 0.1) is 16.4 Å². The van der Waals surface area contributed by atoms with Crippen LogP contribution in [0.1, 0.15) is 38.6 Å². The van der Waals surface area contributed by atoms with Crippen molar-refractivity contribution in [2.75, 3.05) is 0 Å². The van der Waals surface area contributed by atoms with Crippen molar-refractivity contribution in [3.8, 4) is 0 Å². The summed E-state index contributed by atoms with van der Waals surface area (Å²) in [6, 6.07) is -0.234. The first-order chi connectivity index (χ1) is 8.45. The number of nitrogens with zero attached hydrogens (tertiary/aromatic N) is 2. The van der Waals surface area contributed by atoms with E-state index in [1.54, 1.807) is 0 Å². The lowest BCUT2D eigenvalue weighted by atomic mass is 9.62. The zero-order valence-corrected chi connectivity index (χ0v) is 11.3. The number of thiocarbonyl (C=S) groups is 1. The third-order valence-corrected chi connectivity index (χ3v) is 3.88. The molecule has 1 aromatic heterocycles. The van der Waals surface area contributed by atoms with Gasteiger partial charge in [-0.3, -0.25) is 9.89 Å². The summed E-state index contributed by atoms with van der Waals surface area (Å²) in [5, 5.41) is 9.37. The Morgan fingerprint density at radius 2 is 2.39 bits per heavy atom. The molecule has 0 saturated heterocycles. The molecule has 1 aliphatic carbocycles. The van der Waals surface area contributed by atoms with Crippen molar-refractivity contribution in [3.63, 3.8) is 0 Å². The Morgan fingerprint density at radius 1 is 1.72 bits per heavy atom. The maximum atomic E-state index is 12.3. The highest BCUT2D eigenvalue weighted by Crippen LogP contribution is 2.46. The van der Waals surface area contributed by atoms with Gasteiger partial charge in [-0.15, -0.1) is 0 Å². The van der Waals surface area contributed by atoms with Crippen molar-refractivity contribution in [2.45, 2.75) is 32.7 Å². The van der Waals surface area contributed by atoms with Crippen LogP contribution in [-0.4, -0.2) is 26.1 Å². The van der Waals surface area contributed by atoms with E-state index in [1.165, 1.54) is 6.33 Å². The molecule has 1 aromatic rings. The van der Waals surface area contributed by atoms with Crippen LogP contribution < -0.4 is 11.1 Å². The van der Waals surface area contributed by atoms with E-state index in [-0.39, 0.29) is 16.9 Å². The number of amides is 1. The molecular formula is C11H17N5OS. The minimum absolute atomic E-state index is 0.114. The second-order valence-corrected chi connectivity index (χ2v) is 5.47. The van der Waals surface area contributed by atoms with Crippen molar-refractivity contribution in [2.24, 2.45) is 17.1 Å². The van der Waals surface area contributed by atoms with Crippen LogP contribution in [0.25, 0.3) is 0 Å². The molecule has 0 spiro atoms. The summed E-state index contributed by atoms with van der Waals surface area (Å²) in [6.45, 7) is 3.93. The number of nitrogens with two attached hydrogens (primary N) is 1. The van der Waals surface area contributed by atoms with Crippen molar-refractivity contribution < 1.29 is 4.79 Å². The van der Waals surface area contributed by atoms with Gasteiger partial charge in [-0.05, 0) is 25.7 Å². The minimum atomic E-state index is -0.678. The number of hydrogen-bond acceptors (Lipinski definition) is 4. The molecule has 0 bridgehead atoms. The molecule has 1 aliphatic rings. The van der Waals surface area contributed by atoms with E-state index in [9.17, 15) is 4.79 Å². The molecule has 0 aromatic carbocycles. The number of aromatic nitrogens is 3. The van der Waals surface area contributed by atoms with Crippen LogP contribution in [0.2, 0.25) is 0 Å². The van der Waals surface area contributed by atoms with Crippen molar-refractivity contribution in [1.29, 1.82) is 0 Å². The largest absolute Gasteiger partial charge is 0.392 e. The average Bonchev–Trinajstić information content (AvgIpc) is 2.76. The summed E-state index contributed by atoms with van der Waals surface area (Å²) >= 11 is 5.04.